The first kappa shape index (κ1) is 22.7. The second kappa shape index (κ2) is 9.96. The first-order valence-corrected chi connectivity index (χ1v) is 11.2. The Hall–Kier alpha value is -3.51. The highest BCUT2D eigenvalue weighted by Crippen LogP contribution is 2.37. The molecule has 1 atom stereocenters. The third-order valence-electron chi connectivity index (χ3n) is 5.38. The molecule has 1 aliphatic heterocycles. The Morgan fingerprint density at radius 3 is 2.61 bits per heavy atom. The third-order valence-corrected chi connectivity index (χ3v) is 5.62. The molecule has 33 heavy (non-hydrogen) atoms. The van der Waals surface area contributed by atoms with Gasteiger partial charge in [-0.2, -0.15) is 0 Å². The number of hydrogen-bond acceptors (Lipinski definition) is 4. The van der Waals surface area contributed by atoms with Crippen LogP contribution in [0.3, 0.4) is 0 Å². The smallest absolute Gasteiger partial charge is 0.268 e. The van der Waals surface area contributed by atoms with Crippen LogP contribution in [0.2, 0.25) is 5.02 Å². The molecule has 0 saturated carbocycles. The highest BCUT2D eigenvalue weighted by Gasteiger charge is 2.32. The Kier molecular flexibility index (Phi) is 6.84. The van der Waals surface area contributed by atoms with E-state index >= 15 is 0 Å². The van der Waals surface area contributed by atoms with E-state index in [1.165, 1.54) is 5.56 Å². The van der Waals surface area contributed by atoms with Crippen LogP contribution in [0.4, 0.5) is 11.4 Å². The van der Waals surface area contributed by atoms with Gasteiger partial charge in [0.2, 0.25) is 0 Å². The maximum atomic E-state index is 12.9. The Bertz CT molecular complexity index is 1160. The molecule has 3 aromatic rings. The van der Waals surface area contributed by atoms with Crippen molar-refractivity contribution in [2.75, 3.05) is 16.8 Å². The van der Waals surface area contributed by atoms with Gasteiger partial charge in [0.15, 0.2) is 12.7 Å². The average Bonchev–Trinajstić information content (AvgIpc) is 2.81. The molecule has 0 bridgehead atoms. The van der Waals surface area contributed by atoms with Gasteiger partial charge in [-0.3, -0.25) is 9.59 Å². The number of halogens is 1. The number of rotatable bonds is 7. The van der Waals surface area contributed by atoms with Gasteiger partial charge >= 0.3 is 0 Å². The number of amides is 2. The Labute approximate surface area is 198 Å². The number of carbonyl (C=O) groups excluding carboxylic acids is 2. The van der Waals surface area contributed by atoms with Crippen LogP contribution >= 0.6 is 11.6 Å². The van der Waals surface area contributed by atoms with E-state index in [2.05, 4.69) is 12.2 Å². The SMILES string of the molecule is CCc1ccc(OCC(=O)Nc2ccc3c(c2)N(Cc2cccc(Cl)c2)C(=O)C(C)O3)cc1. The van der Waals surface area contributed by atoms with Crippen LogP contribution in [-0.4, -0.2) is 24.5 Å². The lowest BCUT2D eigenvalue weighted by molar-refractivity contribution is -0.125. The van der Waals surface area contributed by atoms with E-state index in [-0.39, 0.29) is 18.4 Å². The van der Waals surface area contributed by atoms with Crippen LogP contribution < -0.4 is 19.7 Å². The van der Waals surface area contributed by atoms with Crippen molar-refractivity contribution >= 4 is 34.8 Å². The van der Waals surface area contributed by atoms with Crippen LogP contribution in [0.15, 0.2) is 66.7 Å². The Morgan fingerprint density at radius 1 is 1.09 bits per heavy atom. The summed E-state index contributed by atoms with van der Waals surface area (Å²) >= 11 is 6.11. The van der Waals surface area contributed by atoms with Crippen molar-refractivity contribution in [1.82, 2.24) is 0 Å². The fourth-order valence-electron chi connectivity index (χ4n) is 3.63. The predicted molar refractivity (Wildman–Crippen MR) is 129 cm³/mol. The summed E-state index contributed by atoms with van der Waals surface area (Å²) in [4.78, 5) is 27.0. The van der Waals surface area contributed by atoms with Crippen LogP contribution in [0.5, 0.6) is 11.5 Å². The minimum Gasteiger partial charge on any atom is -0.484 e. The van der Waals surface area contributed by atoms with Gasteiger partial charge in [-0.15, -0.1) is 0 Å². The van der Waals surface area contributed by atoms with E-state index in [9.17, 15) is 9.59 Å². The van der Waals surface area contributed by atoms with Gasteiger partial charge in [0, 0.05) is 10.7 Å². The largest absolute Gasteiger partial charge is 0.484 e. The van der Waals surface area contributed by atoms with Crippen molar-refractivity contribution in [2.24, 2.45) is 0 Å². The summed E-state index contributed by atoms with van der Waals surface area (Å²) in [5, 5.41) is 3.43. The first-order chi connectivity index (χ1) is 15.9. The van der Waals surface area contributed by atoms with Crippen molar-refractivity contribution in [3.05, 3.63) is 82.9 Å². The zero-order chi connectivity index (χ0) is 23.4. The maximum Gasteiger partial charge on any atom is 0.268 e. The van der Waals surface area contributed by atoms with Gasteiger partial charge < -0.3 is 19.7 Å². The summed E-state index contributed by atoms with van der Waals surface area (Å²) < 4.78 is 11.3. The van der Waals surface area contributed by atoms with Gasteiger partial charge in [-0.1, -0.05) is 42.8 Å². The molecule has 0 spiro atoms. The minimum absolute atomic E-state index is 0.124. The van der Waals surface area contributed by atoms with E-state index < -0.39 is 6.10 Å². The summed E-state index contributed by atoms with van der Waals surface area (Å²) in [5.74, 6) is 0.750. The van der Waals surface area contributed by atoms with Crippen LogP contribution in [0.25, 0.3) is 0 Å². The molecule has 1 aliphatic rings. The molecule has 0 radical (unpaired) electrons. The quantitative estimate of drug-likeness (QED) is 0.519. The maximum absolute atomic E-state index is 12.9. The molecule has 1 heterocycles. The summed E-state index contributed by atoms with van der Waals surface area (Å²) in [6.45, 7) is 4.02. The summed E-state index contributed by atoms with van der Waals surface area (Å²) in [6.07, 6.45) is 0.336. The van der Waals surface area contributed by atoms with Crippen LogP contribution in [0, 0.1) is 0 Å². The third kappa shape index (κ3) is 5.46. The molecule has 3 aromatic carbocycles. The minimum atomic E-state index is -0.607. The van der Waals surface area contributed by atoms with Crippen molar-refractivity contribution in [3.63, 3.8) is 0 Å². The van der Waals surface area contributed by atoms with E-state index in [0.29, 0.717) is 34.4 Å². The molecule has 6 nitrogen and oxygen atoms in total. The monoisotopic (exact) mass is 464 g/mol. The molecule has 1 N–H and O–H groups in total. The van der Waals surface area contributed by atoms with Crippen molar-refractivity contribution in [1.29, 1.82) is 0 Å². The van der Waals surface area contributed by atoms with Gasteiger partial charge in [0.1, 0.15) is 11.5 Å². The van der Waals surface area contributed by atoms with Gasteiger partial charge in [0.05, 0.1) is 12.2 Å². The topological polar surface area (TPSA) is 67.9 Å². The summed E-state index contributed by atoms with van der Waals surface area (Å²) in [6, 6.07) is 20.3. The lowest BCUT2D eigenvalue weighted by Crippen LogP contribution is -2.44. The molecule has 2 amide bonds. The number of nitrogens with one attached hydrogen (secondary N) is 1. The molecule has 1 unspecified atom stereocenters. The molecule has 0 aliphatic carbocycles. The average molecular weight is 465 g/mol. The van der Waals surface area contributed by atoms with Crippen LogP contribution in [0.1, 0.15) is 25.0 Å². The number of fused-ring (bicyclic) bond motifs is 1. The molecule has 7 heteroatoms. The van der Waals surface area contributed by atoms with Crippen molar-refractivity contribution in [3.8, 4) is 11.5 Å². The number of nitrogens with zero attached hydrogens (tertiary/aromatic N) is 1. The molecule has 4 rings (SSSR count). The zero-order valence-corrected chi connectivity index (χ0v) is 19.3. The fourth-order valence-corrected chi connectivity index (χ4v) is 3.85. The molecular weight excluding hydrogens is 440 g/mol. The number of aryl methyl sites for hydroxylation is 1. The highest BCUT2D eigenvalue weighted by atomic mass is 35.5. The lowest BCUT2D eigenvalue weighted by atomic mass is 10.1. The molecule has 0 aromatic heterocycles. The summed E-state index contributed by atoms with van der Waals surface area (Å²) in [7, 11) is 0. The first-order valence-electron chi connectivity index (χ1n) is 10.8. The second-order valence-corrected chi connectivity index (χ2v) is 8.27. The van der Waals surface area contributed by atoms with E-state index in [4.69, 9.17) is 21.1 Å². The predicted octanol–water partition coefficient (Wildman–Crippen LogP) is 5.23. The molecular formula is C26H25ClN2O4. The highest BCUT2D eigenvalue weighted by molar-refractivity contribution is 6.30. The van der Waals surface area contributed by atoms with Crippen molar-refractivity contribution in [2.45, 2.75) is 32.9 Å². The number of hydrogen-bond donors (Lipinski definition) is 1. The Balaban J connectivity index is 1.47. The number of benzene rings is 3. The van der Waals surface area contributed by atoms with Crippen LogP contribution in [-0.2, 0) is 22.6 Å². The van der Waals surface area contributed by atoms with E-state index in [1.54, 1.807) is 36.1 Å². The van der Waals surface area contributed by atoms with E-state index in [1.807, 2.05) is 42.5 Å². The number of anilines is 2. The zero-order valence-electron chi connectivity index (χ0n) is 18.5. The second-order valence-electron chi connectivity index (χ2n) is 7.83. The fraction of sp³-hybridized carbons (Fsp3) is 0.231. The number of carbonyl (C=O) groups is 2. The van der Waals surface area contributed by atoms with Crippen molar-refractivity contribution < 1.29 is 19.1 Å². The normalized spacial score (nSPS) is 14.9. The molecule has 170 valence electrons. The van der Waals surface area contributed by atoms with Gasteiger partial charge in [-0.05, 0) is 66.9 Å². The lowest BCUT2D eigenvalue weighted by Gasteiger charge is -2.33. The number of ether oxygens (including phenoxy) is 2. The Morgan fingerprint density at radius 2 is 1.88 bits per heavy atom. The van der Waals surface area contributed by atoms with Gasteiger partial charge in [-0.25, -0.2) is 0 Å². The molecule has 0 fully saturated rings. The standard InChI is InChI=1S/C26H25ClN2O4/c1-3-18-7-10-22(11-8-18)32-16-25(30)28-21-9-12-24-23(14-21)29(26(31)17(2)33-24)15-19-5-4-6-20(27)13-19/h4-14,17H,3,15-16H2,1-2H3,(H,28,30). The van der Waals surface area contributed by atoms with Gasteiger partial charge in [0.25, 0.3) is 11.8 Å². The van der Waals surface area contributed by atoms with E-state index in [0.717, 1.165) is 12.0 Å². The molecule has 0 saturated heterocycles. The summed E-state index contributed by atoms with van der Waals surface area (Å²) in [5.41, 5.74) is 3.24.